The number of rotatable bonds is 8. The monoisotopic (exact) mass is 403 g/mol. The minimum absolute atomic E-state index is 0.230. The van der Waals surface area contributed by atoms with Crippen molar-refractivity contribution in [2.24, 2.45) is 0 Å². The van der Waals surface area contributed by atoms with Gasteiger partial charge in [0.15, 0.2) is 18.1 Å². The van der Waals surface area contributed by atoms with E-state index < -0.39 is 5.97 Å². The summed E-state index contributed by atoms with van der Waals surface area (Å²) in [6.45, 7) is 0.924. The highest BCUT2D eigenvalue weighted by Gasteiger charge is 2.21. The first-order valence-electron chi connectivity index (χ1n) is 8.76. The van der Waals surface area contributed by atoms with Crippen LogP contribution in [0.25, 0.3) is 0 Å². The lowest BCUT2D eigenvalue weighted by Gasteiger charge is -2.21. The standard InChI is InChI=1S/C20H21NO6S/c1-24-16-11-14(12-17-19(16)26-9-8-25-17)20(23)27-13-18(22)21-7-10-28-15-5-3-2-4-6-15/h2-6,11-12H,7-10,13H2,1H3,(H,21,22). The van der Waals surface area contributed by atoms with Crippen molar-refractivity contribution in [3.63, 3.8) is 0 Å². The van der Waals surface area contributed by atoms with E-state index in [1.165, 1.54) is 19.2 Å². The lowest BCUT2D eigenvalue weighted by Crippen LogP contribution is -2.30. The number of amides is 1. The van der Waals surface area contributed by atoms with E-state index >= 15 is 0 Å². The summed E-state index contributed by atoms with van der Waals surface area (Å²) in [4.78, 5) is 25.3. The average molecular weight is 403 g/mol. The van der Waals surface area contributed by atoms with Gasteiger partial charge in [0, 0.05) is 17.2 Å². The van der Waals surface area contributed by atoms with Crippen LogP contribution in [0.2, 0.25) is 0 Å². The second kappa shape index (κ2) is 9.89. The number of carbonyl (C=O) groups excluding carboxylic acids is 2. The van der Waals surface area contributed by atoms with E-state index in [0.717, 1.165) is 10.6 Å². The van der Waals surface area contributed by atoms with Crippen molar-refractivity contribution in [1.82, 2.24) is 5.32 Å². The zero-order valence-electron chi connectivity index (χ0n) is 15.4. The Labute approximate surface area is 167 Å². The Balaban J connectivity index is 1.45. The van der Waals surface area contributed by atoms with Crippen molar-refractivity contribution in [3.05, 3.63) is 48.0 Å². The summed E-state index contributed by atoms with van der Waals surface area (Å²) in [5.41, 5.74) is 0.230. The average Bonchev–Trinajstić information content (AvgIpc) is 2.75. The van der Waals surface area contributed by atoms with Gasteiger partial charge in [-0.25, -0.2) is 4.79 Å². The molecule has 28 heavy (non-hydrogen) atoms. The van der Waals surface area contributed by atoms with E-state index in [9.17, 15) is 9.59 Å². The van der Waals surface area contributed by atoms with Crippen molar-refractivity contribution in [3.8, 4) is 17.2 Å². The number of esters is 1. The summed E-state index contributed by atoms with van der Waals surface area (Å²) in [5, 5.41) is 2.73. The molecule has 0 saturated carbocycles. The molecule has 3 rings (SSSR count). The first-order chi connectivity index (χ1) is 13.7. The van der Waals surface area contributed by atoms with Crippen molar-refractivity contribution in [2.45, 2.75) is 4.90 Å². The van der Waals surface area contributed by atoms with Crippen LogP contribution in [0, 0.1) is 0 Å². The van der Waals surface area contributed by atoms with Gasteiger partial charge in [0.2, 0.25) is 5.75 Å². The molecule has 0 saturated heterocycles. The second-order valence-corrected chi connectivity index (χ2v) is 6.96. The molecule has 0 atom stereocenters. The number of methoxy groups -OCH3 is 1. The van der Waals surface area contributed by atoms with Crippen molar-refractivity contribution in [1.29, 1.82) is 0 Å². The smallest absolute Gasteiger partial charge is 0.338 e. The molecule has 1 aliphatic rings. The van der Waals surface area contributed by atoms with E-state index in [1.807, 2.05) is 30.3 Å². The summed E-state index contributed by atoms with van der Waals surface area (Å²) >= 11 is 1.64. The Hall–Kier alpha value is -2.87. The molecule has 2 aromatic carbocycles. The zero-order chi connectivity index (χ0) is 19.8. The highest BCUT2D eigenvalue weighted by atomic mass is 32.2. The molecule has 1 heterocycles. The van der Waals surface area contributed by atoms with Crippen molar-refractivity contribution in [2.75, 3.05) is 39.2 Å². The molecule has 1 aliphatic heterocycles. The molecule has 8 heteroatoms. The molecule has 0 unspecified atom stereocenters. The highest BCUT2D eigenvalue weighted by molar-refractivity contribution is 7.99. The third kappa shape index (κ3) is 5.32. The van der Waals surface area contributed by atoms with Gasteiger partial charge in [-0.2, -0.15) is 0 Å². The fourth-order valence-corrected chi connectivity index (χ4v) is 3.32. The number of ether oxygens (including phenoxy) is 4. The van der Waals surface area contributed by atoms with Gasteiger partial charge >= 0.3 is 5.97 Å². The van der Waals surface area contributed by atoms with Crippen LogP contribution in [0.1, 0.15) is 10.4 Å². The third-order valence-corrected chi connectivity index (χ3v) is 4.85. The first kappa shape index (κ1) is 19.9. The second-order valence-electron chi connectivity index (χ2n) is 5.79. The molecular formula is C20H21NO6S. The molecule has 148 valence electrons. The van der Waals surface area contributed by atoms with Crippen LogP contribution in [0.15, 0.2) is 47.4 Å². The van der Waals surface area contributed by atoms with Gasteiger partial charge in [0.25, 0.3) is 5.91 Å². The molecule has 0 radical (unpaired) electrons. The Morgan fingerprint density at radius 3 is 2.71 bits per heavy atom. The largest absolute Gasteiger partial charge is 0.493 e. The fraction of sp³-hybridized carbons (Fsp3) is 0.300. The number of benzene rings is 2. The molecule has 0 spiro atoms. The van der Waals surface area contributed by atoms with Crippen LogP contribution >= 0.6 is 11.8 Å². The van der Waals surface area contributed by atoms with Crippen LogP contribution in [0.3, 0.4) is 0 Å². The van der Waals surface area contributed by atoms with Gasteiger partial charge in [-0.15, -0.1) is 11.8 Å². The molecule has 2 aromatic rings. The summed E-state index contributed by atoms with van der Waals surface area (Å²) in [6.07, 6.45) is 0. The van der Waals surface area contributed by atoms with Gasteiger partial charge in [0.1, 0.15) is 13.2 Å². The minimum Gasteiger partial charge on any atom is -0.493 e. The number of thioether (sulfide) groups is 1. The Morgan fingerprint density at radius 1 is 1.14 bits per heavy atom. The van der Waals surface area contributed by atoms with Gasteiger partial charge in [-0.05, 0) is 24.3 Å². The first-order valence-corrected chi connectivity index (χ1v) is 9.75. The van der Waals surface area contributed by atoms with E-state index in [-0.39, 0.29) is 18.1 Å². The van der Waals surface area contributed by atoms with Crippen LogP contribution in [0.4, 0.5) is 0 Å². The topological polar surface area (TPSA) is 83.1 Å². The summed E-state index contributed by atoms with van der Waals surface area (Å²) in [7, 11) is 1.48. The SMILES string of the molecule is COc1cc(C(=O)OCC(=O)NCCSc2ccccc2)cc2c1OCCO2. The lowest BCUT2D eigenvalue weighted by atomic mass is 10.1. The van der Waals surface area contributed by atoms with E-state index in [1.54, 1.807) is 11.8 Å². The Kier molecular flexibility index (Phi) is 7.02. The molecule has 1 amide bonds. The predicted molar refractivity (Wildman–Crippen MR) is 104 cm³/mol. The molecule has 0 fully saturated rings. The van der Waals surface area contributed by atoms with Crippen molar-refractivity contribution < 1.29 is 28.5 Å². The van der Waals surface area contributed by atoms with E-state index in [2.05, 4.69) is 5.32 Å². The van der Waals surface area contributed by atoms with E-state index in [4.69, 9.17) is 18.9 Å². The summed E-state index contributed by atoms with van der Waals surface area (Å²) < 4.78 is 21.3. The van der Waals surface area contributed by atoms with Crippen LogP contribution in [-0.2, 0) is 9.53 Å². The van der Waals surface area contributed by atoms with Gasteiger partial charge in [0.05, 0.1) is 12.7 Å². The van der Waals surface area contributed by atoms with Crippen molar-refractivity contribution >= 4 is 23.6 Å². The molecule has 0 bridgehead atoms. The highest BCUT2D eigenvalue weighted by Crippen LogP contribution is 2.40. The van der Waals surface area contributed by atoms with Crippen LogP contribution in [-0.4, -0.2) is 51.1 Å². The molecule has 0 aliphatic carbocycles. The minimum atomic E-state index is -0.635. The van der Waals surface area contributed by atoms with E-state index in [0.29, 0.717) is 37.0 Å². The summed E-state index contributed by atoms with van der Waals surface area (Å²) in [5.74, 6) is 0.990. The molecule has 1 N–H and O–H groups in total. The third-order valence-electron chi connectivity index (χ3n) is 3.83. The maximum atomic E-state index is 12.3. The van der Waals surface area contributed by atoms with Crippen LogP contribution < -0.4 is 19.5 Å². The van der Waals surface area contributed by atoms with Gasteiger partial charge < -0.3 is 24.3 Å². The molecule has 7 nitrogen and oxygen atoms in total. The molecule has 0 aromatic heterocycles. The molecular weight excluding hydrogens is 382 g/mol. The van der Waals surface area contributed by atoms with Gasteiger partial charge in [-0.3, -0.25) is 4.79 Å². The number of nitrogens with one attached hydrogen (secondary N) is 1. The number of hydrogen-bond donors (Lipinski definition) is 1. The summed E-state index contributed by atoms with van der Waals surface area (Å²) in [6, 6.07) is 12.9. The normalized spacial score (nSPS) is 12.2. The number of carbonyl (C=O) groups is 2. The number of fused-ring (bicyclic) bond motifs is 1. The van der Waals surface area contributed by atoms with Crippen LogP contribution in [0.5, 0.6) is 17.2 Å². The number of hydrogen-bond acceptors (Lipinski definition) is 7. The predicted octanol–water partition coefficient (Wildman–Crippen LogP) is 2.53. The zero-order valence-corrected chi connectivity index (χ0v) is 16.3. The maximum Gasteiger partial charge on any atom is 0.338 e. The Bertz CT molecular complexity index is 810. The lowest BCUT2D eigenvalue weighted by molar-refractivity contribution is -0.124. The van der Waals surface area contributed by atoms with Gasteiger partial charge in [-0.1, -0.05) is 18.2 Å². The fourth-order valence-electron chi connectivity index (χ4n) is 2.53. The maximum absolute atomic E-state index is 12.3. The Morgan fingerprint density at radius 2 is 1.93 bits per heavy atom. The quantitative estimate of drug-likeness (QED) is 0.412.